The van der Waals surface area contributed by atoms with E-state index in [2.05, 4.69) is 33.3 Å². The second-order valence-electron chi connectivity index (χ2n) is 7.66. The predicted molar refractivity (Wildman–Crippen MR) is 113 cm³/mol. The van der Waals surface area contributed by atoms with E-state index in [1.54, 1.807) is 6.20 Å². The van der Waals surface area contributed by atoms with E-state index in [1.165, 1.54) is 0 Å². The zero-order chi connectivity index (χ0) is 20.1. The second-order valence-corrected chi connectivity index (χ2v) is 7.66. The van der Waals surface area contributed by atoms with Gasteiger partial charge in [0.05, 0.1) is 23.4 Å². The van der Waals surface area contributed by atoms with Crippen LogP contribution in [0.3, 0.4) is 0 Å². The quantitative estimate of drug-likeness (QED) is 0.544. The molecule has 4 aromatic rings. The highest BCUT2D eigenvalue weighted by Crippen LogP contribution is 2.36. The van der Waals surface area contributed by atoms with E-state index in [0.717, 1.165) is 63.6 Å². The van der Waals surface area contributed by atoms with Crippen LogP contribution in [-0.2, 0) is 7.05 Å². The third-order valence-electron chi connectivity index (χ3n) is 5.78. The topological polar surface area (TPSA) is 94.6 Å². The molecule has 1 aliphatic rings. The van der Waals surface area contributed by atoms with E-state index < -0.39 is 0 Å². The van der Waals surface area contributed by atoms with Gasteiger partial charge in [0, 0.05) is 36.1 Å². The van der Waals surface area contributed by atoms with Crippen molar-refractivity contribution in [3.8, 4) is 28.3 Å². The van der Waals surface area contributed by atoms with Crippen LogP contribution in [0.1, 0.15) is 35.8 Å². The van der Waals surface area contributed by atoms with E-state index in [4.69, 9.17) is 15.5 Å². The van der Waals surface area contributed by atoms with Crippen molar-refractivity contribution < 1.29 is 4.74 Å². The molecule has 1 aliphatic heterocycles. The van der Waals surface area contributed by atoms with E-state index >= 15 is 0 Å². The Hall–Kier alpha value is -3.19. The fourth-order valence-corrected chi connectivity index (χ4v) is 4.16. The summed E-state index contributed by atoms with van der Waals surface area (Å²) >= 11 is 0. The van der Waals surface area contributed by atoms with Crippen LogP contribution in [0.15, 0.2) is 30.5 Å². The number of nitrogens with zero attached hydrogens (tertiary/aromatic N) is 4. The lowest BCUT2D eigenvalue weighted by molar-refractivity contribution is 0.316. The molecule has 0 fully saturated rings. The number of fused-ring (bicyclic) bond motifs is 2. The average Bonchev–Trinajstić information content (AvgIpc) is 3.17. The van der Waals surface area contributed by atoms with E-state index in [0.29, 0.717) is 12.3 Å². The molecule has 0 saturated carbocycles. The smallest absolute Gasteiger partial charge is 0.178 e. The number of aromatic amines is 1. The van der Waals surface area contributed by atoms with Crippen molar-refractivity contribution in [3.63, 3.8) is 0 Å². The third-order valence-corrected chi connectivity index (χ3v) is 5.78. The molecule has 3 N–H and O–H groups in total. The first kappa shape index (κ1) is 17.9. The summed E-state index contributed by atoms with van der Waals surface area (Å²) in [5, 5.41) is 4.51. The SMILES string of the molecule is Cc1nn(C)c(C)c1-c1nc2nccc(-c3ccc4c(c3)OCCCC4N)c2[nH]1. The Bertz CT molecular complexity index is 1220. The van der Waals surface area contributed by atoms with Gasteiger partial charge in [-0.1, -0.05) is 12.1 Å². The van der Waals surface area contributed by atoms with Crippen LogP contribution in [0.25, 0.3) is 33.7 Å². The molecular formula is C22H24N6O. The highest BCUT2D eigenvalue weighted by molar-refractivity contribution is 5.92. The summed E-state index contributed by atoms with van der Waals surface area (Å²) in [4.78, 5) is 12.7. The molecule has 0 aliphatic carbocycles. The number of ether oxygens (including phenoxy) is 1. The van der Waals surface area contributed by atoms with Crippen LogP contribution >= 0.6 is 0 Å². The lowest BCUT2D eigenvalue weighted by atomic mass is 9.98. The van der Waals surface area contributed by atoms with Gasteiger partial charge in [-0.2, -0.15) is 5.10 Å². The van der Waals surface area contributed by atoms with Gasteiger partial charge in [-0.3, -0.25) is 4.68 Å². The molecule has 5 rings (SSSR count). The largest absolute Gasteiger partial charge is 0.493 e. The first-order chi connectivity index (χ1) is 14.0. The molecule has 4 heterocycles. The number of pyridine rings is 1. The summed E-state index contributed by atoms with van der Waals surface area (Å²) in [7, 11) is 1.94. The maximum absolute atomic E-state index is 6.31. The number of aromatic nitrogens is 5. The number of aryl methyl sites for hydroxylation is 2. The van der Waals surface area contributed by atoms with Crippen LogP contribution in [0.2, 0.25) is 0 Å². The molecule has 0 spiro atoms. The van der Waals surface area contributed by atoms with Crippen molar-refractivity contribution in [2.75, 3.05) is 6.61 Å². The Kier molecular flexibility index (Phi) is 4.13. The lowest BCUT2D eigenvalue weighted by Gasteiger charge is -2.13. The number of hydrogen-bond donors (Lipinski definition) is 2. The van der Waals surface area contributed by atoms with Gasteiger partial charge < -0.3 is 15.5 Å². The van der Waals surface area contributed by atoms with Gasteiger partial charge in [-0.15, -0.1) is 0 Å². The lowest BCUT2D eigenvalue weighted by Crippen LogP contribution is -2.08. The molecule has 7 heteroatoms. The van der Waals surface area contributed by atoms with E-state index in [9.17, 15) is 0 Å². The minimum Gasteiger partial charge on any atom is -0.493 e. The fraction of sp³-hybridized carbons (Fsp3) is 0.318. The summed E-state index contributed by atoms with van der Waals surface area (Å²) in [6.45, 7) is 4.74. The van der Waals surface area contributed by atoms with Gasteiger partial charge in [0.1, 0.15) is 11.6 Å². The molecule has 7 nitrogen and oxygen atoms in total. The first-order valence-electron chi connectivity index (χ1n) is 9.91. The minimum atomic E-state index is 0.0225. The summed E-state index contributed by atoms with van der Waals surface area (Å²) in [6.07, 6.45) is 3.71. The predicted octanol–water partition coefficient (Wildman–Crippen LogP) is 3.81. The molecule has 1 aromatic carbocycles. The first-order valence-corrected chi connectivity index (χ1v) is 9.91. The Morgan fingerprint density at radius 3 is 2.90 bits per heavy atom. The fourth-order valence-electron chi connectivity index (χ4n) is 4.16. The number of hydrogen-bond acceptors (Lipinski definition) is 5. The number of H-pyrrole nitrogens is 1. The number of imidazole rings is 1. The van der Waals surface area contributed by atoms with Crippen molar-refractivity contribution in [1.82, 2.24) is 24.7 Å². The molecule has 1 atom stereocenters. The number of nitrogens with one attached hydrogen (secondary N) is 1. The van der Waals surface area contributed by atoms with Crippen LogP contribution in [-0.4, -0.2) is 31.3 Å². The van der Waals surface area contributed by atoms with Crippen molar-refractivity contribution in [2.45, 2.75) is 32.7 Å². The van der Waals surface area contributed by atoms with Crippen LogP contribution in [0.5, 0.6) is 5.75 Å². The molecule has 148 valence electrons. The summed E-state index contributed by atoms with van der Waals surface area (Å²) < 4.78 is 7.84. The third kappa shape index (κ3) is 2.89. The summed E-state index contributed by atoms with van der Waals surface area (Å²) in [5.74, 6) is 1.66. The highest BCUT2D eigenvalue weighted by Gasteiger charge is 2.20. The second kappa shape index (κ2) is 6.70. The van der Waals surface area contributed by atoms with Gasteiger partial charge in [-0.05, 0) is 44.4 Å². The van der Waals surface area contributed by atoms with Crippen molar-refractivity contribution in [1.29, 1.82) is 0 Å². The van der Waals surface area contributed by atoms with E-state index in [-0.39, 0.29) is 6.04 Å². The zero-order valence-electron chi connectivity index (χ0n) is 16.9. The van der Waals surface area contributed by atoms with Crippen molar-refractivity contribution in [2.24, 2.45) is 12.8 Å². The Morgan fingerprint density at radius 1 is 1.24 bits per heavy atom. The monoisotopic (exact) mass is 388 g/mol. The molecule has 1 unspecified atom stereocenters. The van der Waals surface area contributed by atoms with Crippen LogP contribution < -0.4 is 10.5 Å². The highest BCUT2D eigenvalue weighted by atomic mass is 16.5. The molecule has 3 aromatic heterocycles. The molecule has 0 saturated heterocycles. The molecule has 0 radical (unpaired) electrons. The Balaban J connectivity index is 1.65. The molecular weight excluding hydrogens is 364 g/mol. The Labute approximate surface area is 168 Å². The molecule has 0 amide bonds. The molecule has 0 bridgehead atoms. The standard InChI is InChI=1S/C22H24N6O/c1-12-19(13(2)28(3)27-12)21-25-20-15(8-9-24-22(20)26-21)14-6-7-16-17(23)5-4-10-29-18(16)11-14/h6-9,11,17H,4-5,10,23H2,1-3H3,(H,24,25,26). The van der Waals surface area contributed by atoms with Crippen LogP contribution in [0, 0.1) is 13.8 Å². The van der Waals surface area contributed by atoms with Gasteiger partial charge in [-0.25, -0.2) is 9.97 Å². The normalized spacial score (nSPS) is 16.5. The Morgan fingerprint density at radius 2 is 2.10 bits per heavy atom. The number of benzene rings is 1. The number of rotatable bonds is 2. The van der Waals surface area contributed by atoms with Gasteiger partial charge in [0.15, 0.2) is 5.65 Å². The van der Waals surface area contributed by atoms with Gasteiger partial charge in [0.2, 0.25) is 0 Å². The minimum absolute atomic E-state index is 0.0225. The average molecular weight is 388 g/mol. The summed E-state index contributed by atoms with van der Waals surface area (Å²) in [5.41, 5.74) is 14.1. The van der Waals surface area contributed by atoms with Gasteiger partial charge >= 0.3 is 0 Å². The van der Waals surface area contributed by atoms with Gasteiger partial charge in [0.25, 0.3) is 0 Å². The zero-order valence-corrected chi connectivity index (χ0v) is 16.9. The maximum atomic E-state index is 6.31. The summed E-state index contributed by atoms with van der Waals surface area (Å²) in [6, 6.07) is 8.29. The van der Waals surface area contributed by atoms with Crippen molar-refractivity contribution >= 4 is 11.2 Å². The van der Waals surface area contributed by atoms with E-state index in [1.807, 2.05) is 31.6 Å². The number of nitrogens with two attached hydrogens (primary N) is 1. The maximum Gasteiger partial charge on any atom is 0.178 e. The van der Waals surface area contributed by atoms with Crippen LogP contribution in [0.4, 0.5) is 0 Å². The molecule has 29 heavy (non-hydrogen) atoms. The van der Waals surface area contributed by atoms with Crippen molar-refractivity contribution in [3.05, 3.63) is 47.4 Å².